The number of nitrogens with two attached hydrogens (primary N) is 1. The predicted octanol–water partition coefficient (Wildman–Crippen LogP) is 2.46. The van der Waals surface area contributed by atoms with Gasteiger partial charge in [0.15, 0.2) is 0 Å². The number of carboxylic acid groups (broad SMARTS) is 1. The van der Waals surface area contributed by atoms with Gasteiger partial charge >= 0.3 is 5.97 Å². The highest BCUT2D eigenvalue weighted by Crippen LogP contribution is 2.36. The number of phenols is 1. The van der Waals surface area contributed by atoms with Crippen molar-refractivity contribution in [3.05, 3.63) is 53.3 Å². The summed E-state index contributed by atoms with van der Waals surface area (Å²) < 4.78 is 1.56. The lowest BCUT2D eigenvalue weighted by molar-refractivity contribution is 0.0681. The summed E-state index contributed by atoms with van der Waals surface area (Å²) in [6.45, 7) is 0.955. The Morgan fingerprint density at radius 2 is 2.11 bits per heavy atom. The molecule has 4 rings (SSSR count). The number of hydrogen-bond acceptors (Lipinski definition) is 5. The zero-order valence-corrected chi connectivity index (χ0v) is 14.7. The molecule has 0 unspecified atom stereocenters. The number of aromatic carboxylic acids is 1. The van der Waals surface area contributed by atoms with Gasteiger partial charge in [0.1, 0.15) is 11.4 Å². The molecule has 1 aromatic carbocycles. The number of carbonyl (C=O) groups is 1. The Morgan fingerprint density at radius 3 is 2.85 bits per heavy atom. The normalized spacial score (nSPS) is 12.5. The number of rotatable bonds is 5. The monoisotopic (exact) mass is 364 g/mol. The van der Waals surface area contributed by atoms with Crippen molar-refractivity contribution >= 4 is 5.97 Å². The summed E-state index contributed by atoms with van der Waals surface area (Å²) >= 11 is 0. The van der Waals surface area contributed by atoms with Crippen LogP contribution in [0.2, 0.25) is 0 Å². The van der Waals surface area contributed by atoms with Crippen molar-refractivity contribution in [2.45, 2.75) is 25.8 Å². The second kappa shape index (κ2) is 6.85. The summed E-state index contributed by atoms with van der Waals surface area (Å²) in [7, 11) is 0. The summed E-state index contributed by atoms with van der Waals surface area (Å²) in [6.07, 6.45) is 3.83. The number of fused-ring (bicyclic) bond motifs is 3. The number of nitrogens with zero attached hydrogens (tertiary/aromatic N) is 3. The van der Waals surface area contributed by atoms with E-state index in [4.69, 9.17) is 5.73 Å². The summed E-state index contributed by atoms with van der Waals surface area (Å²) in [6, 6.07) is 8.83. The molecule has 3 aromatic rings. The van der Waals surface area contributed by atoms with E-state index in [9.17, 15) is 15.0 Å². The van der Waals surface area contributed by atoms with Gasteiger partial charge in [0.25, 0.3) is 0 Å². The molecule has 2 heterocycles. The Balaban J connectivity index is 1.84. The standard InChI is InChI=1S/C20H20N4O3/c21-7-2-8-24-19(20(26)27)15-6-5-13-11-22-17(10-16(13)18(15)23-24)12-3-1-4-14(25)9-12/h1,3-4,9-11,25H,2,5-8,21H2,(H,26,27). The van der Waals surface area contributed by atoms with Crippen molar-refractivity contribution in [1.29, 1.82) is 0 Å². The number of aryl methyl sites for hydroxylation is 2. The molecule has 4 N–H and O–H groups in total. The topological polar surface area (TPSA) is 114 Å². The van der Waals surface area contributed by atoms with Crippen LogP contribution >= 0.6 is 0 Å². The third-order valence-electron chi connectivity index (χ3n) is 4.85. The van der Waals surface area contributed by atoms with Crippen LogP contribution in [-0.2, 0) is 19.4 Å². The van der Waals surface area contributed by atoms with Crippen molar-refractivity contribution < 1.29 is 15.0 Å². The number of aromatic nitrogens is 3. The Kier molecular flexibility index (Phi) is 4.37. The van der Waals surface area contributed by atoms with E-state index in [1.54, 1.807) is 22.9 Å². The van der Waals surface area contributed by atoms with Crippen LogP contribution in [-0.4, -0.2) is 37.5 Å². The van der Waals surface area contributed by atoms with Crippen molar-refractivity contribution in [2.24, 2.45) is 5.73 Å². The molecule has 1 aliphatic carbocycles. The Morgan fingerprint density at radius 1 is 1.26 bits per heavy atom. The minimum atomic E-state index is -0.966. The Bertz CT molecular complexity index is 1030. The van der Waals surface area contributed by atoms with E-state index in [0.29, 0.717) is 37.3 Å². The molecule has 0 atom stereocenters. The van der Waals surface area contributed by atoms with E-state index in [1.807, 2.05) is 18.3 Å². The maximum absolute atomic E-state index is 11.8. The third-order valence-corrected chi connectivity index (χ3v) is 4.85. The van der Waals surface area contributed by atoms with Gasteiger partial charge in [-0.3, -0.25) is 9.67 Å². The summed E-state index contributed by atoms with van der Waals surface area (Å²) in [5.74, 6) is -0.793. The molecule has 27 heavy (non-hydrogen) atoms. The number of carboxylic acids is 1. The van der Waals surface area contributed by atoms with Crippen LogP contribution in [0.4, 0.5) is 0 Å². The highest BCUT2D eigenvalue weighted by molar-refractivity contribution is 5.91. The number of hydrogen-bond donors (Lipinski definition) is 3. The van der Waals surface area contributed by atoms with Gasteiger partial charge in [-0.15, -0.1) is 0 Å². The van der Waals surface area contributed by atoms with Crippen LogP contribution in [0.1, 0.15) is 28.0 Å². The molecular formula is C20H20N4O3. The lowest BCUT2D eigenvalue weighted by Crippen LogP contribution is -2.14. The van der Waals surface area contributed by atoms with Crippen LogP contribution in [0, 0.1) is 0 Å². The van der Waals surface area contributed by atoms with Gasteiger partial charge in [-0.2, -0.15) is 5.10 Å². The molecule has 0 spiro atoms. The predicted molar refractivity (Wildman–Crippen MR) is 101 cm³/mol. The fourth-order valence-corrected chi connectivity index (χ4v) is 3.58. The van der Waals surface area contributed by atoms with Gasteiger partial charge in [-0.1, -0.05) is 12.1 Å². The largest absolute Gasteiger partial charge is 0.508 e. The molecule has 138 valence electrons. The SMILES string of the molecule is NCCCn1nc2c(c1C(=O)O)CCc1cnc(-c3cccc(O)c3)cc1-2. The van der Waals surface area contributed by atoms with Crippen LogP contribution < -0.4 is 5.73 Å². The maximum Gasteiger partial charge on any atom is 0.354 e. The molecule has 2 aromatic heterocycles. The van der Waals surface area contributed by atoms with Crippen LogP contribution in [0.25, 0.3) is 22.5 Å². The van der Waals surface area contributed by atoms with Crippen molar-refractivity contribution in [1.82, 2.24) is 14.8 Å². The van der Waals surface area contributed by atoms with Gasteiger partial charge in [0, 0.05) is 29.4 Å². The van der Waals surface area contributed by atoms with E-state index >= 15 is 0 Å². The second-order valence-corrected chi connectivity index (χ2v) is 6.62. The minimum absolute atomic E-state index is 0.173. The summed E-state index contributed by atoms with van der Waals surface area (Å²) in [5, 5.41) is 24.0. The maximum atomic E-state index is 11.8. The lowest BCUT2D eigenvalue weighted by atomic mass is 9.89. The van der Waals surface area contributed by atoms with E-state index in [0.717, 1.165) is 28.7 Å². The highest BCUT2D eigenvalue weighted by atomic mass is 16.4. The molecule has 0 saturated heterocycles. The van der Waals surface area contributed by atoms with Crippen molar-refractivity contribution in [3.8, 4) is 28.3 Å². The van der Waals surface area contributed by atoms with Crippen molar-refractivity contribution in [2.75, 3.05) is 6.54 Å². The van der Waals surface area contributed by atoms with Gasteiger partial charge in [0.05, 0.1) is 11.4 Å². The smallest absolute Gasteiger partial charge is 0.354 e. The van der Waals surface area contributed by atoms with Crippen LogP contribution in [0.15, 0.2) is 36.5 Å². The van der Waals surface area contributed by atoms with E-state index in [-0.39, 0.29) is 11.4 Å². The second-order valence-electron chi connectivity index (χ2n) is 6.62. The van der Waals surface area contributed by atoms with Gasteiger partial charge in [-0.05, 0) is 49.6 Å². The Labute approximate surface area is 156 Å². The van der Waals surface area contributed by atoms with Gasteiger partial charge in [-0.25, -0.2) is 4.79 Å². The van der Waals surface area contributed by atoms with Crippen LogP contribution in [0.3, 0.4) is 0 Å². The fraction of sp³-hybridized carbons (Fsp3) is 0.250. The molecular weight excluding hydrogens is 344 g/mol. The quantitative estimate of drug-likeness (QED) is 0.641. The Hall–Kier alpha value is -3.19. The van der Waals surface area contributed by atoms with E-state index < -0.39 is 5.97 Å². The van der Waals surface area contributed by atoms with Gasteiger partial charge in [0.2, 0.25) is 0 Å². The highest BCUT2D eigenvalue weighted by Gasteiger charge is 2.28. The molecule has 0 radical (unpaired) electrons. The fourth-order valence-electron chi connectivity index (χ4n) is 3.58. The zero-order chi connectivity index (χ0) is 19.0. The number of aromatic hydroxyl groups is 1. The molecule has 0 saturated carbocycles. The lowest BCUT2D eigenvalue weighted by Gasteiger charge is -2.16. The molecule has 0 aliphatic heterocycles. The molecule has 0 amide bonds. The first kappa shape index (κ1) is 17.2. The van der Waals surface area contributed by atoms with E-state index in [2.05, 4.69) is 10.1 Å². The number of phenolic OH excluding ortho intramolecular Hbond substituents is 1. The van der Waals surface area contributed by atoms with E-state index in [1.165, 1.54) is 0 Å². The average molecular weight is 364 g/mol. The molecule has 0 bridgehead atoms. The first-order chi connectivity index (χ1) is 13.1. The first-order valence-electron chi connectivity index (χ1n) is 8.90. The molecule has 7 heteroatoms. The molecule has 7 nitrogen and oxygen atoms in total. The zero-order valence-electron chi connectivity index (χ0n) is 14.7. The summed E-state index contributed by atoms with van der Waals surface area (Å²) in [5.41, 5.74) is 10.8. The van der Waals surface area contributed by atoms with Crippen LogP contribution in [0.5, 0.6) is 5.75 Å². The average Bonchev–Trinajstić information content (AvgIpc) is 3.05. The molecule has 1 aliphatic rings. The first-order valence-corrected chi connectivity index (χ1v) is 8.90. The third kappa shape index (κ3) is 3.06. The van der Waals surface area contributed by atoms with Gasteiger partial charge < -0.3 is 15.9 Å². The summed E-state index contributed by atoms with van der Waals surface area (Å²) in [4.78, 5) is 16.3. The minimum Gasteiger partial charge on any atom is -0.508 e. The van der Waals surface area contributed by atoms with Crippen molar-refractivity contribution in [3.63, 3.8) is 0 Å². The number of benzene rings is 1. The number of pyridine rings is 1. The molecule has 0 fully saturated rings.